The van der Waals surface area contributed by atoms with Crippen molar-refractivity contribution in [2.24, 2.45) is 0 Å². The summed E-state index contributed by atoms with van der Waals surface area (Å²) < 4.78 is 0. The molecule has 0 aliphatic rings. The smallest absolute Gasteiger partial charge is 0.331 e. The molecule has 0 saturated carbocycles. The van der Waals surface area contributed by atoms with Gasteiger partial charge in [-0.15, -0.1) is 0 Å². The normalized spacial score (nSPS) is 10.0. The lowest BCUT2D eigenvalue weighted by Crippen LogP contribution is -2.03. The van der Waals surface area contributed by atoms with Crippen LogP contribution >= 0.6 is 0 Å². The number of carbonyl (C=O) groups excluding carboxylic acids is 1. The first-order valence-corrected chi connectivity index (χ1v) is 6.17. The van der Waals surface area contributed by atoms with Crippen molar-refractivity contribution in [2.75, 3.05) is 0 Å². The lowest BCUT2D eigenvalue weighted by molar-refractivity contribution is -0.132. The highest BCUT2D eigenvalue weighted by atomic mass is 16.4. The molecule has 0 bridgehead atoms. The Hall–Kier alpha value is -2.68. The first-order chi connectivity index (χ1) is 9.58. The third-order valence-electron chi connectivity index (χ3n) is 2.97. The van der Waals surface area contributed by atoms with Gasteiger partial charge in [0, 0.05) is 23.1 Å². The van der Waals surface area contributed by atoms with Crippen molar-refractivity contribution in [1.82, 2.24) is 0 Å². The molecule has 100 valence electrons. The second kappa shape index (κ2) is 5.97. The fraction of sp³-hybridized carbons (Fsp3) is 0.0588. The fourth-order valence-electron chi connectivity index (χ4n) is 1.85. The summed E-state index contributed by atoms with van der Waals surface area (Å²) in [6, 6.07) is 16.0. The van der Waals surface area contributed by atoms with E-state index >= 15 is 0 Å². The zero-order valence-electron chi connectivity index (χ0n) is 10.9. The minimum atomic E-state index is -1.01. The third-order valence-corrected chi connectivity index (χ3v) is 2.97. The Morgan fingerprint density at radius 2 is 1.45 bits per heavy atom. The van der Waals surface area contributed by atoms with Crippen molar-refractivity contribution < 1.29 is 14.7 Å². The molecule has 2 rings (SSSR count). The van der Waals surface area contributed by atoms with Crippen LogP contribution < -0.4 is 0 Å². The van der Waals surface area contributed by atoms with Crippen molar-refractivity contribution in [3.05, 3.63) is 83.4 Å². The molecule has 0 aliphatic carbocycles. The number of rotatable bonds is 5. The van der Waals surface area contributed by atoms with Crippen molar-refractivity contribution >= 4 is 11.8 Å². The molecule has 2 aromatic carbocycles. The monoisotopic (exact) mass is 266 g/mol. The summed E-state index contributed by atoms with van der Waals surface area (Å²) in [5, 5.41) is 8.78. The topological polar surface area (TPSA) is 54.4 Å². The molecule has 0 atom stereocenters. The van der Waals surface area contributed by atoms with Crippen molar-refractivity contribution in [2.45, 2.75) is 6.42 Å². The highest BCUT2D eigenvalue weighted by Crippen LogP contribution is 2.13. The standard InChI is InChI=1S/C17H14O3/c1-12(17(19)20)11-13-7-9-15(10-8-13)16(18)14-5-3-2-4-6-14/h2-10H,1,11H2,(H,19,20). The largest absolute Gasteiger partial charge is 0.478 e. The molecule has 0 fully saturated rings. The van der Waals surface area contributed by atoms with Gasteiger partial charge in [0.15, 0.2) is 5.78 Å². The Bertz CT molecular complexity index is 640. The average molecular weight is 266 g/mol. The Kier molecular flexibility index (Phi) is 4.11. The Labute approximate surface area is 117 Å². The second-order valence-electron chi connectivity index (χ2n) is 4.48. The highest BCUT2D eigenvalue weighted by molar-refractivity contribution is 6.08. The van der Waals surface area contributed by atoms with Crippen LogP contribution in [0.2, 0.25) is 0 Å². The Morgan fingerprint density at radius 3 is 2.00 bits per heavy atom. The van der Waals surface area contributed by atoms with E-state index in [4.69, 9.17) is 5.11 Å². The summed E-state index contributed by atoms with van der Waals surface area (Å²) in [5.74, 6) is -1.05. The predicted molar refractivity (Wildman–Crippen MR) is 76.8 cm³/mol. The van der Waals surface area contributed by atoms with Crippen molar-refractivity contribution in [3.8, 4) is 0 Å². The molecule has 0 spiro atoms. The summed E-state index contributed by atoms with van der Waals surface area (Å²) in [6.45, 7) is 3.49. The minimum Gasteiger partial charge on any atom is -0.478 e. The summed E-state index contributed by atoms with van der Waals surface area (Å²) in [7, 11) is 0. The first kappa shape index (κ1) is 13.7. The molecule has 0 aromatic heterocycles. The number of hydrogen-bond acceptors (Lipinski definition) is 2. The SMILES string of the molecule is C=C(Cc1ccc(C(=O)c2ccccc2)cc1)C(=O)O. The number of ketones is 1. The van der Waals surface area contributed by atoms with Gasteiger partial charge in [-0.2, -0.15) is 0 Å². The van der Waals surface area contributed by atoms with Gasteiger partial charge in [-0.05, 0) is 5.56 Å². The molecule has 0 amide bonds. The summed E-state index contributed by atoms with van der Waals surface area (Å²) in [6.07, 6.45) is 0.273. The van der Waals surface area contributed by atoms with Gasteiger partial charge in [0.2, 0.25) is 0 Å². The van der Waals surface area contributed by atoms with Crippen molar-refractivity contribution in [1.29, 1.82) is 0 Å². The fourth-order valence-corrected chi connectivity index (χ4v) is 1.85. The van der Waals surface area contributed by atoms with Crippen LogP contribution in [0.25, 0.3) is 0 Å². The molecule has 0 radical (unpaired) electrons. The van der Waals surface area contributed by atoms with Crippen LogP contribution in [0, 0.1) is 0 Å². The molecule has 3 heteroatoms. The Balaban J connectivity index is 2.14. The van der Waals surface area contributed by atoms with E-state index in [2.05, 4.69) is 6.58 Å². The highest BCUT2D eigenvalue weighted by Gasteiger charge is 2.09. The molecular weight excluding hydrogens is 252 g/mol. The average Bonchev–Trinajstić information content (AvgIpc) is 2.48. The molecule has 2 aromatic rings. The number of hydrogen-bond donors (Lipinski definition) is 1. The van der Waals surface area contributed by atoms with E-state index in [1.54, 1.807) is 36.4 Å². The van der Waals surface area contributed by atoms with E-state index in [9.17, 15) is 9.59 Å². The van der Waals surface area contributed by atoms with Crippen LogP contribution in [-0.2, 0) is 11.2 Å². The number of benzene rings is 2. The summed E-state index contributed by atoms with van der Waals surface area (Å²) in [4.78, 5) is 22.9. The molecule has 1 N–H and O–H groups in total. The maximum atomic E-state index is 12.2. The van der Waals surface area contributed by atoms with Gasteiger partial charge in [0.25, 0.3) is 0 Å². The van der Waals surface area contributed by atoms with Crippen LogP contribution in [0.3, 0.4) is 0 Å². The number of carboxylic acid groups (broad SMARTS) is 1. The second-order valence-corrected chi connectivity index (χ2v) is 4.48. The third kappa shape index (κ3) is 3.20. The van der Waals surface area contributed by atoms with Gasteiger partial charge in [-0.1, -0.05) is 61.2 Å². The Morgan fingerprint density at radius 1 is 0.900 bits per heavy atom. The summed E-state index contributed by atoms with van der Waals surface area (Å²) >= 11 is 0. The van der Waals surface area contributed by atoms with Crippen LogP contribution in [0.15, 0.2) is 66.7 Å². The van der Waals surface area contributed by atoms with Crippen LogP contribution in [0.1, 0.15) is 21.5 Å². The number of aliphatic carboxylic acids is 1. The lowest BCUT2D eigenvalue weighted by Gasteiger charge is -2.04. The van der Waals surface area contributed by atoms with E-state index in [1.807, 2.05) is 18.2 Å². The van der Waals surface area contributed by atoms with Gasteiger partial charge < -0.3 is 5.11 Å². The van der Waals surface area contributed by atoms with Crippen molar-refractivity contribution in [3.63, 3.8) is 0 Å². The lowest BCUT2D eigenvalue weighted by atomic mass is 10.00. The summed E-state index contributed by atoms with van der Waals surface area (Å²) in [5.41, 5.74) is 2.17. The maximum absolute atomic E-state index is 12.2. The predicted octanol–water partition coefficient (Wildman–Crippen LogP) is 3.10. The van der Waals surface area contributed by atoms with E-state index in [0.717, 1.165) is 5.56 Å². The van der Waals surface area contributed by atoms with E-state index < -0.39 is 5.97 Å². The van der Waals surface area contributed by atoms with Gasteiger partial charge in [-0.25, -0.2) is 4.79 Å². The number of carbonyl (C=O) groups is 2. The van der Waals surface area contributed by atoms with E-state index in [0.29, 0.717) is 11.1 Å². The van der Waals surface area contributed by atoms with Gasteiger partial charge >= 0.3 is 5.97 Å². The van der Waals surface area contributed by atoms with E-state index in [-0.39, 0.29) is 17.8 Å². The van der Waals surface area contributed by atoms with Crippen LogP contribution in [-0.4, -0.2) is 16.9 Å². The zero-order valence-corrected chi connectivity index (χ0v) is 10.9. The van der Waals surface area contributed by atoms with Crippen LogP contribution in [0.5, 0.6) is 0 Å². The zero-order chi connectivity index (χ0) is 14.5. The first-order valence-electron chi connectivity index (χ1n) is 6.17. The molecule has 0 heterocycles. The molecule has 0 saturated heterocycles. The molecule has 0 unspecified atom stereocenters. The van der Waals surface area contributed by atoms with Crippen LogP contribution in [0.4, 0.5) is 0 Å². The minimum absolute atomic E-state index is 0.0470. The number of carboxylic acids is 1. The molecule has 0 aliphatic heterocycles. The molecule has 20 heavy (non-hydrogen) atoms. The quantitative estimate of drug-likeness (QED) is 0.668. The maximum Gasteiger partial charge on any atom is 0.331 e. The molecular formula is C17H14O3. The molecule has 3 nitrogen and oxygen atoms in total. The van der Waals surface area contributed by atoms with Gasteiger partial charge in [0.1, 0.15) is 0 Å². The van der Waals surface area contributed by atoms with E-state index in [1.165, 1.54) is 0 Å². The van der Waals surface area contributed by atoms with Gasteiger partial charge in [0.05, 0.1) is 0 Å². The van der Waals surface area contributed by atoms with Gasteiger partial charge in [-0.3, -0.25) is 4.79 Å².